The molecule has 7 heteroatoms. The molecule has 0 spiro atoms. The number of amides is 1. The van der Waals surface area contributed by atoms with Gasteiger partial charge in [0.05, 0.1) is 4.92 Å². The van der Waals surface area contributed by atoms with Gasteiger partial charge in [0.1, 0.15) is 5.69 Å². The quantitative estimate of drug-likeness (QED) is 0.487. The fourth-order valence-electron chi connectivity index (χ4n) is 1.87. The molecule has 1 aliphatic heterocycles. The zero-order valence-electron chi connectivity index (χ0n) is 9.48. The van der Waals surface area contributed by atoms with Crippen molar-refractivity contribution in [3.8, 4) is 0 Å². The first kappa shape index (κ1) is 13.1. The lowest BCUT2D eigenvalue weighted by molar-refractivity contribution is -0.384. The van der Waals surface area contributed by atoms with Crippen LogP contribution in [0.4, 0.5) is 11.4 Å². The molecule has 0 aliphatic carbocycles. The Kier molecular flexibility index (Phi) is 4.00. The van der Waals surface area contributed by atoms with E-state index in [2.05, 4.69) is 10.6 Å². The Bertz CT molecular complexity index is 492. The van der Waals surface area contributed by atoms with Crippen LogP contribution in [0.3, 0.4) is 0 Å². The number of nitro groups is 1. The molecule has 96 valence electrons. The van der Waals surface area contributed by atoms with E-state index in [-0.39, 0.29) is 17.6 Å². The average Bonchev–Trinajstić information content (AvgIpc) is 2.73. The summed E-state index contributed by atoms with van der Waals surface area (Å²) in [7, 11) is 0. The van der Waals surface area contributed by atoms with Crippen molar-refractivity contribution >= 4 is 39.9 Å². The molecule has 0 bridgehead atoms. The second kappa shape index (κ2) is 5.51. The molecular weight excluding hydrogens is 349 g/mol. The molecule has 1 heterocycles. The van der Waals surface area contributed by atoms with Crippen LogP contribution in [-0.2, 0) is 4.79 Å². The highest BCUT2D eigenvalue weighted by molar-refractivity contribution is 14.1. The Morgan fingerprint density at radius 1 is 1.56 bits per heavy atom. The third-order valence-corrected chi connectivity index (χ3v) is 3.45. The van der Waals surface area contributed by atoms with Crippen LogP contribution in [0.15, 0.2) is 18.2 Å². The zero-order valence-corrected chi connectivity index (χ0v) is 11.6. The largest absolute Gasteiger partial charge is 0.377 e. The molecule has 1 saturated heterocycles. The van der Waals surface area contributed by atoms with Gasteiger partial charge in [-0.15, -0.1) is 0 Å². The first-order chi connectivity index (χ1) is 8.56. The minimum Gasteiger partial charge on any atom is -0.377 e. The summed E-state index contributed by atoms with van der Waals surface area (Å²) in [4.78, 5) is 21.5. The lowest BCUT2D eigenvalue weighted by Gasteiger charge is -2.12. The minimum atomic E-state index is -0.405. The number of hydrogen-bond acceptors (Lipinski definition) is 4. The van der Waals surface area contributed by atoms with Crippen LogP contribution >= 0.6 is 22.6 Å². The van der Waals surface area contributed by atoms with E-state index in [0.29, 0.717) is 18.7 Å². The molecule has 1 fully saturated rings. The zero-order chi connectivity index (χ0) is 13.1. The second-order valence-corrected chi connectivity index (χ2v) is 5.35. The SMILES string of the molecule is O=C1CCC(CNc2ccc(I)cc2[N+](=O)[O-])N1. The summed E-state index contributed by atoms with van der Waals surface area (Å²) in [6.07, 6.45) is 1.30. The number of carbonyl (C=O) groups excluding carboxylic acids is 1. The van der Waals surface area contributed by atoms with Gasteiger partial charge in [-0.25, -0.2) is 0 Å². The van der Waals surface area contributed by atoms with Crippen LogP contribution in [0.25, 0.3) is 0 Å². The summed E-state index contributed by atoms with van der Waals surface area (Å²) in [6, 6.07) is 5.08. The van der Waals surface area contributed by atoms with Crippen LogP contribution in [0, 0.1) is 13.7 Å². The van der Waals surface area contributed by atoms with Crippen LogP contribution in [0.2, 0.25) is 0 Å². The van der Waals surface area contributed by atoms with Gasteiger partial charge in [-0.05, 0) is 41.1 Å². The van der Waals surface area contributed by atoms with Crippen LogP contribution in [0.5, 0.6) is 0 Å². The van der Waals surface area contributed by atoms with Gasteiger partial charge in [-0.3, -0.25) is 14.9 Å². The van der Waals surface area contributed by atoms with Gasteiger partial charge in [0, 0.05) is 28.6 Å². The van der Waals surface area contributed by atoms with Gasteiger partial charge in [-0.1, -0.05) is 0 Å². The summed E-state index contributed by atoms with van der Waals surface area (Å²) < 4.78 is 0.819. The fraction of sp³-hybridized carbons (Fsp3) is 0.364. The van der Waals surface area contributed by atoms with Gasteiger partial charge in [0.25, 0.3) is 5.69 Å². The number of rotatable bonds is 4. The van der Waals surface area contributed by atoms with E-state index in [9.17, 15) is 14.9 Å². The lowest BCUT2D eigenvalue weighted by atomic mass is 10.2. The van der Waals surface area contributed by atoms with Gasteiger partial charge >= 0.3 is 0 Å². The number of halogens is 1. The Labute approximate surface area is 117 Å². The summed E-state index contributed by atoms with van der Waals surface area (Å²) >= 11 is 2.04. The highest BCUT2D eigenvalue weighted by Gasteiger charge is 2.21. The van der Waals surface area contributed by atoms with E-state index < -0.39 is 4.92 Å². The fourth-order valence-corrected chi connectivity index (χ4v) is 2.34. The minimum absolute atomic E-state index is 0.0407. The van der Waals surface area contributed by atoms with E-state index >= 15 is 0 Å². The van der Waals surface area contributed by atoms with Gasteiger partial charge in [0.15, 0.2) is 0 Å². The summed E-state index contributed by atoms with van der Waals surface area (Å²) in [5.41, 5.74) is 0.549. The van der Waals surface area contributed by atoms with Crippen molar-refractivity contribution in [2.24, 2.45) is 0 Å². The van der Waals surface area contributed by atoms with E-state index in [1.54, 1.807) is 6.07 Å². The number of carbonyl (C=O) groups is 1. The van der Waals surface area contributed by atoms with E-state index in [1.165, 1.54) is 6.07 Å². The van der Waals surface area contributed by atoms with E-state index in [4.69, 9.17) is 0 Å². The average molecular weight is 361 g/mol. The van der Waals surface area contributed by atoms with Gasteiger partial charge in [0.2, 0.25) is 5.91 Å². The Hall–Kier alpha value is -1.38. The van der Waals surface area contributed by atoms with Crippen molar-refractivity contribution in [3.05, 3.63) is 31.9 Å². The number of hydrogen-bond donors (Lipinski definition) is 2. The molecule has 1 aromatic rings. The predicted octanol–water partition coefficient (Wildman–Crippen LogP) is 1.89. The Balaban J connectivity index is 2.04. The number of nitrogens with zero attached hydrogens (tertiary/aromatic N) is 1. The summed E-state index contributed by atoms with van der Waals surface area (Å²) in [5.74, 6) is 0.0407. The summed E-state index contributed by atoms with van der Waals surface area (Å²) in [6.45, 7) is 0.507. The molecule has 2 rings (SSSR count). The first-order valence-corrected chi connectivity index (χ1v) is 6.61. The Morgan fingerprint density at radius 2 is 2.33 bits per heavy atom. The highest BCUT2D eigenvalue weighted by Crippen LogP contribution is 2.26. The maximum absolute atomic E-state index is 11.0. The maximum atomic E-state index is 11.0. The molecule has 0 saturated carbocycles. The van der Waals surface area contributed by atoms with Crippen molar-refractivity contribution in [2.75, 3.05) is 11.9 Å². The molecule has 1 aromatic carbocycles. The monoisotopic (exact) mass is 361 g/mol. The van der Waals surface area contributed by atoms with Crippen LogP contribution in [-0.4, -0.2) is 23.4 Å². The third-order valence-electron chi connectivity index (χ3n) is 2.78. The topological polar surface area (TPSA) is 84.3 Å². The number of benzene rings is 1. The second-order valence-electron chi connectivity index (χ2n) is 4.10. The van der Waals surface area contributed by atoms with E-state index in [1.807, 2.05) is 28.7 Å². The van der Waals surface area contributed by atoms with E-state index in [0.717, 1.165) is 9.99 Å². The van der Waals surface area contributed by atoms with Crippen molar-refractivity contribution in [1.29, 1.82) is 0 Å². The lowest BCUT2D eigenvalue weighted by Crippen LogP contribution is -2.31. The van der Waals surface area contributed by atoms with Crippen molar-refractivity contribution in [1.82, 2.24) is 5.32 Å². The molecule has 1 atom stereocenters. The smallest absolute Gasteiger partial charge is 0.293 e. The summed E-state index contributed by atoms with van der Waals surface area (Å²) in [5, 5.41) is 16.8. The van der Waals surface area contributed by atoms with Gasteiger partial charge in [-0.2, -0.15) is 0 Å². The number of anilines is 1. The van der Waals surface area contributed by atoms with Crippen LogP contribution < -0.4 is 10.6 Å². The molecule has 1 amide bonds. The molecule has 18 heavy (non-hydrogen) atoms. The molecule has 2 N–H and O–H groups in total. The molecule has 1 unspecified atom stereocenters. The Morgan fingerprint density at radius 3 is 2.94 bits per heavy atom. The number of nitro benzene ring substituents is 1. The molecule has 0 aromatic heterocycles. The molecule has 6 nitrogen and oxygen atoms in total. The van der Waals surface area contributed by atoms with Crippen molar-refractivity contribution in [3.63, 3.8) is 0 Å². The predicted molar refractivity (Wildman–Crippen MR) is 75.5 cm³/mol. The van der Waals surface area contributed by atoms with Crippen molar-refractivity contribution in [2.45, 2.75) is 18.9 Å². The highest BCUT2D eigenvalue weighted by atomic mass is 127. The normalized spacial score (nSPS) is 18.5. The molecule has 0 radical (unpaired) electrons. The van der Waals surface area contributed by atoms with Crippen molar-refractivity contribution < 1.29 is 9.72 Å². The van der Waals surface area contributed by atoms with Gasteiger partial charge < -0.3 is 10.6 Å². The number of nitrogens with one attached hydrogen (secondary N) is 2. The standard InChI is InChI=1S/C11H12IN3O3/c12-7-1-3-9(10(5-7)15(17)18)13-6-8-2-4-11(16)14-8/h1,3,5,8,13H,2,4,6H2,(H,14,16). The van der Waals surface area contributed by atoms with Crippen LogP contribution in [0.1, 0.15) is 12.8 Å². The third kappa shape index (κ3) is 3.09. The molecule has 1 aliphatic rings. The molecular formula is C11H12IN3O3. The maximum Gasteiger partial charge on any atom is 0.293 e. The first-order valence-electron chi connectivity index (χ1n) is 5.53.